The lowest BCUT2D eigenvalue weighted by Gasteiger charge is -2.14. The molecule has 0 aliphatic heterocycles. The van der Waals surface area contributed by atoms with E-state index in [0.717, 1.165) is 22.9 Å². The van der Waals surface area contributed by atoms with Gasteiger partial charge in [-0.2, -0.15) is 5.26 Å². The number of nitrogens with zero attached hydrogens (tertiary/aromatic N) is 3. The molecule has 0 bridgehead atoms. The highest BCUT2D eigenvalue weighted by molar-refractivity contribution is 6.06. The fraction of sp³-hybridized carbons (Fsp3) is 0.0800. The summed E-state index contributed by atoms with van der Waals surface area (Å²) >= 11 is 0. The number of benzene rings is 3. The lowest BCUT2D eigenvalue weighted by atomic mass is 9.96. The molecule has 0 fully saturated rings. The maximum atomic E-state index is 13.7. The zero-order chi connectivity index (χ0) is 22.1. The molecule has 0 spiro atoms. The van der Waals surface area contributed by atoms with Gasteiger partial charge in [0, 0.05) is 30.7 Å². The van der Waals surface area contributed by atoms with Crippen LogP contribution in [0, 0.1) is 17.1 Å². The molecule has 0 aliphatic carbocycles. The Morgan fingerprint density at radius 3 is 2.35 bits per heavy atom. The third-order valence-corrected chi connectivity index (χ3v) is 5.13. The second-order valence-corrected chi connectivity index (χ2v) is 7.31. The number of hydrogen-bond donors (Lipinski definition) is 1. The number of nitriles is 1. The molecule has 0 saturated carbocycles. The van der Waals surface area contributed by atoms with Gasteiger partial charge in [0.2, 0.25) is 0 Å². The number of carboxylic acid groups (broad SMARTS) is 1. The first kappa shape index (κ1) is 20.0. The van der Waals surface area contributed by atoms with E-state index in [0.29, 0.717) is 11.1 Å². The van der Waals surface area contributed by atoms with E-state index >= 15 is 0 Å². The molecular formula is C25H18FN3O2. The Labute approximate surface area is 178 Å². The minimum absolute atomic E-state index is 0.0899. The fourth-order valence-corrected chi connectivity index (χ4v) is 3.56. The third kappa shape index (κ3) is 3.69. The second-order valence-electron chi connectivity index (χ2n) is 7.31. The van der Waals surface area contributed by atoms with Crippen LogP contribution in [0.4, 0.5) is 10.1 Å². The summed E-state index contributed by atoms with van der Waals surface area (Å²) in [5.74, 6) is -1.88. The first-order valence-electron chi connectivity index (χ1n) is 9.54. The molecule has 4 aromatic rings. The molecule has 4 rings (SSSR count). The standard InChI is InChI=1S/C25H18FN3O2/c1-29(2)19-5-3-4-17(12-19)15-6-8-16(9-7-15)24-21(14-27)23(25(30)31)20-13-18(26)10-11-22(20)28-24/h3-13H,1-2H3,(H,30,31). The van der Waals surface area contributed by atoms with E-state index in [-0.39, 0.29) is 22.2 Å². The quantitative estimate of drug-likeness (QED) is 0.490. The summed E-state index contributed by atoms with van der Waals surface area (Å²) in [7, 11) is 3.95. The molecule has 152 valence electrons. The average molecular weight is 411 g/mol. The molecule has 0 unspecified atom stereocenters. The molecular weight excluding hydrogens is 393 g/mol. The largest absolute Gasteiger partial charge is 0.478 e. The number of halogens is 1. The number of rotatable bonds is 4. The average Bonchev–Trinajstić information content (AvgIpc) is 2.77. The number of carboxylic acids is 1. The Kier molecular flexibility index (Phi) is 5.10. The number of anilines is 1. The van der Waals surface area contributed by atoms with Gasteiger partial charge in [-0.25, -0.2) is 14.2 Å². The topological polar surface area (TPSA) is 77.2 Å². The maximum Gasteiger partial charge on any atom is 0.337 e. The van der Waals surface area contributed by atoms with Crippen LogP contribution in [-0.4, -0.2) is 30.2 Å². The molecule has 0 atom stereocenters. The van der Waals surface area contributed by atoms with Gasteiger partial charge in [-0.3, -0.25) is 0 Å². The van der Waals surface area contributed by atoms with Crippen molar-refractivity contribution in [2.45, 2.75) is 0 Å². The highest BCUT2D eigenvalue weighted by atomic mass is 19.1. The number of pyridine rings is 1. The van der Waals surface area contributed by atoms with Crippen molar-refractivity contribution in [3.63, 3.8) is 0 Å². The monoisotopic (exact) mass is 411 g/mol. The van der Waals surface area contributed by atoms with E-state index in [9.17, 15) is 19.6 Å². The van der Waals surface area contributed by atoms with Crippen LogP contribution in [0.5, 0.6) is 0 Å². The molecule has 31 heavy (non-hydrogen) atoms. The lowest BCUT2D eigenvalue weighted by molar-refractivity contribution is 0.0698. The fourth-order valence-electron chi connectivity index (χ4n) is 3.56. The van der Waals surface area contributed by atoms with E-state index in [1.807, 2.05) is 67.5 Å². The third-order valence-electron chi connectivity index (χ3n) is 5.13. The second kappa shape index (κ2) is 7.88. The van der Waals surface area contributed by atoms with Gasteiger partial charge in [-0.05, 0) is 41.5 Å². The van der Waals surface area contributed by atoms with Gasteiger partial charge < -0.3 is 10.0 Å². The van der Waals surface area contributed by atoms with Gasteiger partial charge in [0.1, 0.15) is 11.9 Å². The summed E-state index contributed by atoms with van der Waals surface area (Å²) in [4.78, 5) is 18.4. The number of carbonyl (C=O) groups is 1. The summed E-state index contributed by atoms with van der Waals surface area (Å²) in [5, 5.41) is 19.5. The first-order valence-corrected chi connectivity index (χ1v) is 9.54. The molecule has 0 radical (unpaired) electrons. The summed E-state index contributed by atoms with van der Waals surface area (Å²) in [6.07, 6.45) is 0. The predicted octanol–water partition coefficient (Wildman–Crippen LogP) is 5.34. The zero-order valence-electron chi connectivity index (χ0n) is 16.9. The van der Waals surface area contributed by atoms with E-state index in [1.165, 1.54) is 12.1 Å². The van der Waals surface area contributed by atoms with Crippen molar-refractivity contribution in [2.75, 3.05) is 19.0 Å². The summed E-state index contributed by atoms with van der Waals surface area (Å²) in [6.45, 7) is 0. The zero-order valence-corrected chi connectivity index (χ0v) is 16.9. The van der Waals surface area contributed by atoms with Crippen molar-refractivity contribution in [3.8, 4) is 28.5 Å². The molecule has 1 heterocycles. The minimum atomic E-state index is -1.30. The van der Waals surface area contributed by atoms with Gasteiger partial charge in [-0.15, -0.1) is 0 Å². The van der Waals surface area contributed by atoms with E-state index in [2.05, 4.69) is 11.1 Å². The molecule has 0 saturated heterocycles. The first-order chi connectivity index (χ1) is 14.9. The van der Waals surface area contributed by atoms with E-state index < -0.39 is 11.8 Å². The van der Waals surface area contributed by atoms with Crippen LogP contribution in [0.3, 0.4) is 0 Å². The van der Waals surface area contributed by atoms with Crippen molar-refractivity contribution >= 4 is 22.6 Å². The molecule has 0 amide bonds. The number of fused-ring (bicyclic) bond motifs is 1. The Balaban J connectivity index is 1.86. The molecule has 6 heteroatoms. The van der Waals surface area contributed by atoms with Crippen molar-refractivity contribution in [3.05, 3.63) is 83.7 Å². The number of aromatic nitrogens is 1. The highest BCUT2D eigenvalue weighted by Crippen LogP contribution is 2.32. The van der Waals surface area contributed by atoms with Gasteiger partial charge >= 0.3 is 5.97 Å². The van der Waals surface area contributed by atoms with Crippen molar-refractivity contribution in [1.29, 1.82) is 5.26 Å². The van der Waals surface area contributed by atoms with Crippen LogP contribution in [0.2, 0.25) is 0 Å². The van der Waals surface area contributed by atoms with Gasteiger partial charge in [0.05, 0.1) is 22.3 Å². The number of hydrogen-bond acceptors (Lipinski definition) is 4. The summed E-state index contributed by atoms with van der Waals surface area (Å²) in [5.41, 5.74) is 3.93. The Hall–Kier alpha value is -4.24. The lowest BCUT2D eigenvalue weighted by Crippen LogP contribution is -2.08. The van der Waals surface area contributed by atoms with E-state index in [1.54, 1.807) is 0 Å². The van der Waals surface area contributed by atoms with Crippen molar-refractivity contribution in [1.82, 2.24) is 4.98 Å². The predicted molar refractivity (Wildman–Crippen MR) is 119 cm³/mol. The van der Waals surface area contributed by atoms with Crippen LogP contribution >= 0.6 is 0 Å². The van der Waals surface area contributed by atoms with E-state index in [4.69, 9.17) is 0 Å². The molecule has 3 aromatic carbocycles. The van der Waals surface area contributed by atoms with Crippen LogP contribution in [0.1, 0.15) is 15.9 Å². The van der Waals surface area contributed by atoms with Crippen molar-refractivity contribution in [2.24, 2.45) is 0 Å². The molecule has 0 aliphatic rings. The normalized spacial score (nSPS) is 10.6. The van der Waals surface area contributed by atoms with Gasteiger partial charge in [0.25, 0.3) is 0 Å². The Morgan fingerprint density at radius 2 is 1.71 bits per heavy atom. The maximum absolute atomic E-state index is 13.7. The molecule has 1 N–H and O–H groups in total. The van der Waals surface area contributed by atoms with Crippen molar-refractivity contribution < 1.29 is 14.3 Å². The smallest absolute Gasteiger partial charge is 0.337 e. The Bertz CT molecular complexity index is 1360. The summed E-state index contributed by atoms with van der Waals surface area (Å²) in [6, 6.07) is 21.2. The van der Waals surface area contributed by atoms with Crippen LogP contribution in [-0.2, 0) is 0 Å². The molecule has 5 nitrogen and oxygen atoms in total. The SMILES string of the molecule is CN(C)c1cccc(-c2ccc(-c3nc4ccc(F)cc4c(C(=O)O)c3C#N)cc2)c1. The van der Waals surface area contributed by atoms with Gasteiger partial charge in [-0.1, -0.05) is 36.4 Å². The van der Waals surface area contributed by atoms with Gasteiger partial charge in [0.15, 0.2) is 0 Å². The van der Waals surface area contributed by atoms with Crippen LogP contribution in [0.25, 0.3) is 33.3 Å². The van der Waals surface area contributed by atoms with Crippen LogP contribution in [0.15, 0.2) is 66.7 Å². The number of aromatic carboxylic acids is 1. The Morgan fingerprint density at radius 1 is 1.00 bits per heavy atom. The summed E-state index contributed by atoms with van der Waals surface area (Å²) < 4.78 is 13.7. The minimum Gasteiger partial charge on any atom is -0.478 e. The van der Waals surface area contributed by atoms with Crippen LogP contribution < -0.4 is 4.90 Å². The molecule has 1 aromatic heterocycles. The highest BCUT2D eigenvalue weighted by Gasteiger charge is 2.21.